The summed E-state index contributed by atoms with van der Waals surface area (Å²) in [5.74, 6) is 0. The van der Waals surface area contributed by atoms with Crippen molar-refractivity contribution in [2.45, 2.75) is 25.7 Å². The molecule has 3 aromatic rings. The van der Waals surface area contributed by atoms with Crippen molar-refractivity contribution in [3.63, 3.8) is 0 Å². The molecule has 1 aliphatic rings. The lowest BCUT2D eigenvalue weighted by atomic mass is 9.90. The number of hydrogen-bond acceptors (Lipinski definition) is 3. The molecule has 0 radical (unpaired) electrons. The molecule has 0 saturated carbocycles. The zero-order chi connectivity index (χ0) is 14.9. The number of fused-ring (bicyclic) bond motifs is 1. The van der Waals surface area contributed by atoms with Crippen molar-refractivity contribution in [2.75, 3.05) is 5.73 Å². The lowest BCUT2D eigenvalue weighted by molar-refractivity contribution is 0.686. The Morgan fingerprint density at radius 2 is 1.82 bits per heavy atom. The van der Waals surface area contributed by atoms with E-state index in [0.717, 1.165) is 22.6 Å². The lowest BCUT2D eigenvalue weighted by Gasteiger charge is -2.16. The van der Waals surface area contributed by atoms with Crippen molar-refractivity contribution < 1.29 is 0 Å². The molecule has 110 valence electrons. The zero-order valence-electron chi connectivity index (χ0n) is 12.4. The molecule has 0 amide bonds. The van der Waals surface area contributed by atoms with Gasteiger partial charge in [-0.3, -0.25) is 0 Å². The van der Waals surface area contributed by atoms with E-state index in [0.29, 0.717) is 0 Å². The van der Waals surface area contributed by atoms with Crippen LogP contribution in [0.5, 0.6) is 0 Å². The fourth-order valence-electron chi connectivity index (χ4n) is 3.17. The number of anilines is 1. The Labute approximate surface area is 129 Å². The summed E-state index contributed by atoms with van der Waals surface area (Å²) < 4.78 is 1.85. The summed E-state index contributed by atoms with van der Waals surface area (Å²) in [6.07, 6.45) is 6.76. The van der Waals surface area contributed by atoms with Gasteiger partial charge in [-0.2, -0.15) is 0 Å². The number of nitrogen functional groups attached to an aromatic ring is 1. The van der Waals surface area contributed by atoms with E-state index in [1.807, 2.05) is 35.1 Å². The molecule has 4 nitrogen and oxygen atoms in total. The van der Waals surface area contributed by atoms with Gasteiger partial charge in [0.05, 0.1) is 17.6 Å². The minimum atomic E-state index is 0.726. The fourth-order valence-corrected chi connectivity index (χ4v) is 3.17. The van der Waals surface area contributed by atoms with E-state index >= 15 is 0 Å². The Morgan fingerprint density at radius 1 is 0.955 bits per heavy atom. The van der Waals surface area contributed by atoms with Crippen molar-refractivity contribution >= 4 is 5.69 Å². The van der Waals surface area contributed by atoms with Gasteiger partial charge in [0.25, 0.3) is 0 Å². The first-order valence-electron chi connectivity index (χ1n) is 7.70. The Bertz CT molecular complexity index is 819. The third-order valence-corrected chi connectivity index (χ3v) is 4.31. The molecule has 4 rings (SSSR count). The molecule has 0 saturated heterocycles. The summed E-state index contributed by atoms with van der Waals surface area (Å²) in [7, 11) is 0. The van der Waals surface area contributed by atoms with Crippen molar-refractivity contribution in [1.29, 1.82) is 0 Å². The van der Waals surface area contributed by atoms with Gasteiger partial charge in [0.1, 0.15) is 0 Å². The summed E-state index contributed by atoms with van der Waals surface area (Å²) in [6.45, 7) is 0. The Hall–Kier alpha value is -2.62. The van der Waals surface area contributed by atoms with E-state index in [4.69, 9.17) is 5.73 Å². The number of aromatic nitrogens is 3. The van der Waals surface area contributed by atoms with Gasteiger partial charge in [0.2, 0.25) is 0 Å². The van der Waals surface area contributed by atoms with Gasteiger partial charge in [0, 0.05) is 11.3 Å². The van der Waals surface area contributed by atoms with E-state index in [1.165, 1.54) is 36.8 Å². The van der Waals surface area contributed by atoms with Gasteiger partial charge < -0.3 is 5.73 Å². The molecule has 0 bridgehead atoms. The first kappa shape index (κ1) is 13.1. The highest BCUT2D eigenvalue weighted by Gasteiger charge is 2.13. The molecule has 4 heteroatoms. The molecule has 2 N–H and O–H groups in total. The average Bonchev–Trinajstić information content (AvgIpc) is 3.04. The van der Waals surface area contributed by atoms with Gasteiger partial charge in [0.15, 0.2) is 0 Å². The van der Waals surface area contributed by atoms with Crippen LogP contribution in [0.25, 0.3) is 16.9 Å². The van der Waals surface area contributed by atoms with Crippen LogP contribution in [0.1, 0.15) is 24.0 Å². The van der Waals surface area contributed by atoms with E-state index in [9.17, 15) is 0 Å². The van der Waals surface area contributed by atoms with Crippen LogP contribution in [-0.4, -0.2) is 15.0 Å². The van der Waals surface area contributed by atoms with Crippen LogP contribution >= 0.6 is 0 Å². The number of nitrogens with zero attached hydrogens (tertiary/aromatic N) is 3. The maximum absolute atomic E-state index is 5.88. The second-order valence-corrected chi connectivity index (χ2v) is 5.82. The molecule has 1 aliphatic carbocycles. The maximum Gasteiger partial charge on any atom is 0.0944 e. The molecule has 1 heterocycles. The van der Waals surface area contributed by atoms with Gasteiger partial charge in [-0.25, -0.2) is 4.68 Å². The van der Waals surface area contributed by atoms with E-state index < -0.39 is 0 Å². The van der Waals surface area contributed by atoms with Crippen LogP contribution in [0.3, 0.4) is 0 Å². The second-order valence-electron chi connectivity index (χ2n) is 5.82. The third kappa shape index (κ3) is 2.26. The number of benzene rings is 2. The zero-order valence-corrected chi connectivity index (χ0v) is 12.4. The molecule has 0 atom stereocenters. The van der Waals surface area contributed by atoms with Crippen molar-refractivity contribution in [1.82, 2.24) is 15.0 Å². The fraction of sp³-hybridized carbons (Fsp3) is 0.222. The minimum absolute atomic E-state index is 0.726. The van der Waals surface area contributed by atoms with Crippen molar-refractivity contribution in [3.05, 3.63) is 59.8 Å². The van der Waals surface area contributed by atoms with Gasteiger partial charge in [-0.15, -0.1) is 5.10 Å². The van der Waals surface area contributed by atoms with Crippen LogP contribution in [0.15, 0.2) is 48.7 Å². The van der Waals surface area contributed by atoms with Crippen LogP contribution < -0.4 is 5.73 Å². The number of hydrogen-bond donors (Lipinski definition) is 1. The summed E-state index contributed by atoms with van der Waals surface area (Å²) in [5.41, 5.74) is 12.7. The van der Waals surface area contributed by atoms with Crippen LogP contribution in [0.4, 0.5) is 5.69 Å². The number of aryl methyl sites for hydroxylation is 2. The van der Waals surface area contributed by atoms with Gasteiger partial charge in [-0.1, -0.05) is 23.4 Å². The molecular formula is C18H18N4. The van der Waals surface area contributed by atoms with Crippen LogP contribution in [0.2, 0.25) is 0 Å². The standard InChI is InChI=1S/C18H18N4/c19-16-6-3-7-17(11-16)22-18(12-20-21-22)15-9-8-13-4-1-2-5-14(13)10-15/h3,6-12H,1-2,4-5,19H2. The highest BCUT2D eigenvalue weighted by atomic mass is 15.4. The molecule has 0 spiro atoms. The molecule has 1 aromatic heterocycles. The number of rotatable bonds is 2. The predicted octanol–water partition coefficient (Wildman–Crippen LogP) is 3.40. The minimum Gasteiger partial charge on any atom is -0.399 e. The summed E-state index contributed by atoms with van der Waals surface area (Å²) in [6, 6.07) is 14.4. The Morgan fingerprint density at radius 3 is 2.68 bits per heavy atom. The Kier molecular flexibility index (Phi) is 3.15. The Balaban J connectivity index is 1.80. The summed E-state index contributed by atoms with van der Waals surface area (Å²) in [5, 5.41) is 8.32. The van der Waals surface area contributed by atoms with E-state index in [-0.39, 0.29) is 0 Å². The highest BCUT2D eigenvalue weighted by Crippen LogP contribution is 2.28. The summed E-state index contributed by atoms with van der Waals surface area (Å²) >= 11 is 0. The van der Waals surface area contributed by atoms with Gasteiger partial charge >= 0.3 is 0 Å². The quantitative estimate of drug-likeness (QED) is 0.736. The monoisotopic (exact) mass is 290 g/mol. The van der Waals surface area contributed by atoms with Crippen LogP contribution in [0, 0.1) is 0 Å². The first-order chi connectivity index (χ1) is 10.8. The number of nitrogens with two attached hydrogens (primary N) is 1. The van der Waals surface area contributed by atoms with E-state index in [2.05, 4.69) is 28.5 Å². The molecule has 2 aromatic carbocycles. The normalized spacial score (nSPS) is 13.8. The molecular weight excluding hydrogens is 272 g/mol. The smallest absolute Gasteiger partial charge is 0.0944 e. The predicted molar refractivity (Wildman–Crippen MR) is 87.8 cm³/mol. The molecule has 0 unspecified atom stereocenters. The molecule has 22 heavy (non-hydrogen) atoms. The van der Waals surface area contributed by atoms with Crippen LogP contribution in [-0.2, 0) is 12.8 Å². The molecule has 0 aliphatic heterocycles. The topological polar surface area (TPSA) is 56.7 Å². The molecule has 0 fully saturated rings. The van der Waals surface area contributed by atoms with Crippen molar-refractivity contribution in [3.8, 4) is 16.9 Å². The SMILES string of the molecule is Nc1cccc(-n2nncc2-c2ccc3c(c2)CCCC3)c1. The van der Waals surface area contributed by atoms with E-state index in [1.54, 1.807) is 0 Å². The van der Waals surface area contributed by atoms with Gasteiger partial charge in [-0.05, 0) is 61.1 Å². The second kappa shape index (κ2) is 5.30. The maximum atomic E-state index is 5.88. The third-order valence-electron chi connectivity index (χ3n) is 4.31. The first-order valence-corrected chi connectivity index (χ1v) is 7.70. The van der Waals surface area contributed by atoms with Crippen molar-refractivity contribution in [2.24, 2.45) is 0 Å². The summed E-state index contributed by atoms with van der Waals surface area (Å²) in [4.78, 5) is 0. The largest absolute Gasteiger partial charge is 0.399 e. The highest BCUT2D eigenvalue weighted by molar-refractivity contribution is 5.63. The average molecular weight is 290 g/mol. The lowest BCUT2D eigenvalue weighted by Crippen LogP contribution is -2.04.